The summed E-state index contributed by atoms with van der Waals surface area (Å²) < 4.78 is 57.0. The first-order valence-corrected chi connectivity index (χ1v) is 6.51. The molecule has 0 saturated carbocycles. The van der Waals surface area contributed by atoms with Gasteiger partial charge in [0.25, 0.3) is 12.0 Å². The minimum Gasteiger partial charge on any atom is -0.479 e. The lowest BCUT2D eigenvalue weighted by molar-refractivity contribution is 0.125. The SMILES string of the molecule is COc1ncc(CNc2cc(F)c(=O)n(CC(F)F)c2)cc1F. The number of rotatable bonds is 6. The molecule has 0 aliphatic carbocycles. The molecule has 2 heterocycles. The summed E-state index contributed by atoms with van der Waals surface area (Å²) in [5.41, 5.74) is -0.595. The summed E-state index contributed by atoms with van der Waals surface area (Å²) in [6, 6.07) is 2.06. The van der Waals surface area contributed by atoms with Gasteiger partial charge in [-0.25, -0.2) is 22.5 Å². The molecule has 0 unspecified atom stereocenters. The Hall–Kier alpha value is -2.58. The van der Waals surface area contributed by atoms with Crippen molar-refractivity contribution < 1.29 is 22.3 Å². The molecule has 2 aromatic rings. The third-order valence-electron chi connectivity index (χ3n) is 2.93. The number of ether oxygens (including phenoxy) is 1. The molecule has 0 fully saturated rings. The number of pyridine rings is 2. The molecule has 124 valence electrons. The Morgan fingerprint density at radius 2 is 2.04 bits per heavy atom. The zero-order chi connectivity index (χ0) is 17.0. The number of aromatic nitrogens is 2. The first kappa shape index (κ1) is 16.8. The van der Waals surface area contributed by atoms with Gasteiger partial charge >= 0.3 is 0 Å². The fourth-order valence-electron chi connectivity index (χ4n) is 1.90. The molecule has 0 aliphatic heterocycles. The second kappa shape index (κ2) is 7.12. The molecule has 0 spiro atoms. The molecule has 0 bridgehead atoms. The molecular weight excluding hydrogens is 318 g/mol. The van der Waals surface area contributed by atoms with Crippen LogP contribution < -0.4 is 15.6 Å². The summed E-state index contributed by atoms with van der Waals surface area (Å²) >= 11 is 0. The van der Waals surface area contributed by atoms with E-state index in [0.717, 1.165) is 12.3 Å². The molecule has 9 heteroatoms. The Morgan fingerprint density at radius 3 is 2.65 bits per heavy atom. The Morgan fingerprint density at radius 1 is 1.30 bits per heavy atom. The number of nitrogens with zero attached hydrogens (tertiary/aromatic N) is 2. The molecule has 0 radical (unpaired) electrons. The molecule has 0 amide bonds. The van der Waals surface area contributed by atoms with Gasteiger partial charge in [-0.05, 0) is 11.6 Å². The highest BCUT2D eigenvalue weighted by atomic mass is 19.3. The molecular formula is C14H13F4N3O2. The van der Waals surface area contributed by atoms with Crippen LogP contribution in [0.3, 0.4) is 0 Å². The highest BCUT2D eigenvalue weighted by molar-refractivity contribution is 5.41. The smallest absolute Gasteiger partial charge is 0.286 e. The fourth-order valence-corrected chi connectivity index (χ4v) is 1.90. The third kappa shape index (κ3) is 4.21. The lowest BCUT2D eigenvalue weighted by Crippen LogP contribution is -2.25. The maximum atomic E-state index is 13.5. The van der Waals surface area contributed by atoms with Crippen LogP contribution in [0.4, 0.5) is 23.2 Å². The second-order valence-corrected chi connectivity index (χ2v) is 4.61. The number of alkyl halides is 2. The van der Waals surface area contributed by atoms with Crippen LogP contribution in [0.15, 0.2) is 29.3 Å². The molecule has 1 N–H and O–H groups in total. The largest absolute Gasteiger partial charge is 0.479 e. The van der Waals surface area contributed by atoms with Crippen molar-refractivity contribution >= 4 is 5.69 Å². The number of halogens is 4. The van der Waals surface area contributed by atoms with Crippen molar-refractivity contribution in [3.05, 3.63) is 52.1 Å². The summed E-state index contributed by atoms with van der Waals surface area (Å²) in [4.78, 5) is 15.1. The molecule has 0 atom stereocenters. The minimum atomic E-state index is -2.79. The molecule has 0 aromatic carbocycles. The summed E-state index contributed by atoms with van der Waals surface area (Å²) in [5.74, 6) is -1.99. The van der Waals surface area contributed by atoms with Crippen molar-refractivity contribution in [2.45, 2.75) is 19.5 Å². The third-order valence-corrected chi connectivity index (χ3v) is 2.93. The number of hydrogen-bond donors (Lipinski definition) is 1. The van der Waals surface area contributed by atoms with Gasteiger partial charge in [0, 0.05) is 25.0 Å². The van der Waals surface area contributed by atoms with Crippen LogP contribution in [0.25, 0.3) is 0 Å². The minimum absolute atomic E-state index is 0.0558. The van der Waals surface area contributed by atoms with Crippen molar-refractivity contribution in [2.75, 3.05) is 12.4 Å². The van der Waals surface area contributed by atoms with Crippen LogP contribution in [-0.4, -0.2) is 23.1 Å². The molecule has 0 saturated heterocycles. The molecule has 5 nitrogen and oxygen atoms in total. The van der Waals surface area contributed by atoms with Crippen molar-refractivity contribution in [3.8, 4) is 5.88 Å². The van der Waals surface area contributed by atoms with Gasteiger partial charge in [-0.3, -0.25) is 4.79 Å². The predicted molar refractivity (Wildman–Crippen MR) is 74.7 cm³/mol. The van der Waals surface area contributed by atoms with Crippen LogP contribution in [0.2, 0.25) is 0 Å². The van der Waals surface area contributed by atoms with Gasteiger partial charge in [-0.1, -0.05) is 0 Å². The second-order valence-electron chi connectivity index (χ2n) is 4.61. The average Bonchev–Trinajstić information content (AvgIpc) is 2.49. The van der Waals surface area contributed by atoms with E-state index in [9.17, 15) is 22.4 Å². The lowest BCUT2D eigenvalue weighted by atomic mass is 10.2. The standard InChI is InChI=1S/C14H13F4N3O2/c1-23-13-10(15)2-8(5-20-13)4-19-9-3-11(16)14(22)21(6-9)7-12(17)18/h2-3,5-6,12,19H,4,7H2,1H3. The van der Waals surface area contributed by atoms with Gasteiger partial charge in [-0.2, -0.15) is 0 Å². The fraction of sp³-hybridized carbons (Fsp3) is 0.286. The van der Waals surface area contributed by atoms with E-state index in [1.807, 2.05) is 0 Å². The Bertz CT molecular complexity index is 749. The molecule has 2 rings (SSSR count). The van der Waals surface area contributed by atoms with Crippen LogP contribution in [0.1, 0.15) is 5.56 Å². The van der Waals surface area contributed by atoms with Crippen LogP contribution >= 0.6 is 0 Å². The highest BCUT2D eigenvalue weighted by Crippen LogP contribution is 2.15. The summed E-state index contributed by atoms with van der Waals surface area (Å²) in [7, 11) is 1.28. The monoisotopic (exact) mass is 331 g/mol. The van der Waals surface area contributed by atoms with Crippen molar-refractivity contribution in [2.24, 2.45) is 0 Å². The lowest BCUT2D eigenvalue weighted by Gasteiger charge is -2.11. The molecule has 0 aliphatic rings. The maximum absolute atomic E-state index is 13.5. The van der Waals surface area contributed by atoms with Gasteiger partial charge in [0.05, 0.1) is 19.3 Å². The first-order valence-electron chi connectivity index (χ1n) is 6.51. The number of anilines is 1. The van der Waals surface area contributed by atoms with E-state index < -0.39 is 30.2 Å². The van der Waals surface area contributed by atoms with Crippen molar-refractivity contribution in [1.82, 2.24) is 9.55 Å². The van der Waals surface area contributed by atoms with Crippen molar-refractivity contribution in [1.29, 1.82) is 0 Å². The van der Waals surface area contributed by atoms with Gasteiger partial charge in [0.2, 0.25) is 5.88 Å². The van der Waals surface area contributed by atoms with E-state index in [1.165, 1.54) is 19.4 Å². The van der Waals surface area contributed by atoms with Crippen molar-refractivity contribution in [3.63, 3.8) is 0 Å². The summed E-state index contributed by atoms with van der Waals surface area (Å²) in [6.45, 7) is -0.857. The van der Waals surface area contributed by atoms with E-state index in [2.05, 4.69) is 15.0 Å². The highest BCUT2D eigenvalue weighted by Gasteiger charge is 2.11. The van der Waals surface area contributed by atoms with E-state index in [4.69, 9.17) is 0 Å². The van der Waals surface area contributed by atoms with E-state index >= 15 is 0 Å². The van der Waals surface area contributed by atoms with Gasteiger partial charge in [0.1, 0.15) is 0 Å². The summed E-state index contributed by atoms with van der Waals surface area (Å²) in [5, 5.41) is 2.72. The zero-order valence-corrected chi connectivity index (χ0v) is 12.0. The van der Waals surface area contributed by atoms with Gasteiger partial charge in [0.15, 0.2) is 11.6 Å². The van der Waals surface area contributed by atoms with Crippen LogP contribution in [0.5, 0.6) is 5.88 Å². The number of nitrogens with one attached hydrogen (secondary N) is 1. The first-order chi connectivity index (χ1) is 10.9. The topological polar surface area (TPSA) is 56.1 Å². The van der Waals surface area contributed by atoms with Gasteiger partial charge in [-0.15, -0.1) is 0 Å². The van der Waals surface area contributed by atoms with Crippen LogP contribution in [0, 0.1) is 11.6 Å². The average molecular weight is 331 g/mol. The van der Waals surface area contributed by atoms with E-state index in [-0.39, 0.29) is 18.1 Å². The number of hydrogen-bond acceptors (Lipinski definition) is 4. The van der Waals surface area contributed by atoms with Gasteiger partial charge < -0.3 is 14.6 Å². The summed E-state index contributed by atoms with van der Waals surface area (Å²) in [6.07, 6.45) is -0.368. The maximum Gasteiger partial charge on any atom is 0.286 e. The molecule has 2 aromatic heterocycles. The molecule has 23 heavy (non-hydrogen) atoms. The predicted octanol–water partition coefficient (Wildman–Crippen LogP) is 2.41. The van der Waals surface area contributed by atoms with Crippen LogP contribution in [-0.2, 0) is 13.1 Å². The Kier molecular flexibility index (Phi) is 5.20. The quantitative estimate of drug-likeness (QED) is 0.826. The number of methoxy groups -OCH3 is 1. The Labute approximate surface area is 128 Å². The van der Waals surface area contributed by atoms with E-state index in [1.54, 1.807) is 0 Å². The zero-order valence-electron chi connectivity index (χ0n) is 12.0. The normalized spacial score (nSPS) is 10.9. The Balaban J connectivity index is 2.15. The van der Waals surface area contributed by atoms with E-state index in [0.29, 0.717) is 10.1 Å².